The minimum absolute atomic E-state index is 0.193. The molecule has 0 aliphatic heterocycles. The molecule has 0 heterocycles. The zero-order valence-electron chi connectivity index (χ0n) is 6.38. The van der Waals surface area contributed by atoms with E-state index in [1.54, 1.807) is 0 Å². The molecule has 0 bridgehead atoms. The van der Waals surface area contributed by atoms with Crippen LogP contribution in [0.1, 0.15) is 19.8 Å². The molecule has 10 heavy (non-hydrogen) atoms. The summed E-state index contributed by atoms with van der Waals surface area (Å²) in [6.45, 7) is 5.69. The number of allylic oxidation sites excluding steroid dienone is 3. The molecule has 0 spiro atoms. The van der Waals surface area contributed by atoms with E-state index >= 15 is 0 Å². The molecule has 1 aliphatic carbocycles. The maximum Gasteiger partial charge on any atom is 0.0546 e. The van der Waals surface area contributed by atoms with Crippen molar-refractivity contribution in [2.24, 2.45) is 5.92 Å². The summed E-state index contributed by atoms with van der Waals surface area (Å²) in [5, 5.41) is 9.22. The van der Waals surface area contributed by atoms with E-state index in [2.05, 4.69) is 12.7 Å². The highest BCUT2D eigenvalue weighted by atomic mass is 16.3. The van der Waals surface area contributed by atoms with Crippen LogP contribution in [0, 0.1) is 5.92 Å². The van der Waals surface area contributed by atoms with Gasteiger partial charge in [-0.25, -0.2) is 0 Å². The van der Waals surface area contributed by atoms with Crippen LogP contribution in [-0.2, 0) is 0 Å². The Bertz CT molecular complexity index is 156. The summed E-state index contributed by atoms with van der Waals surface area (Å²) >= 11 is 0. The van der Waals surface area contributed by atoms with Gasteiger partial charge in [0.05, 0.1) is 6.10 Å². The molecule has 2 unspecified atom stereocenters. The fraction of sp³-hybridized carbons (Fsp3) is 0.556. The van der Waals surface area contributed by atoms with Crippen molar-refractivity contribution in [3.8, 4) is 0 Å². The monoisotopic (exact) mass is 138 g/mol. The van der Waals surface area contributed by atoms with Crippen LogP contribution in [0.25, 0.3) is 0 Å². The molecule has 1 heteroatoms. The Kier molecular flexibility index (Phi) is 2.28. The fourth-order valence-corrected chi connectivity index (χ4v) is 1.27. The van der Waals surface area contributed by atoms with Crippen LogP contribution in [0.4, 0.5) is 0 Å². The predicted molar refractivity (Wildman–Crippen MR) is 42.7 cm³/mol. The molecule has 56 valence electrons. The van der Waals surface area contributed by atoms with Gasteiger partial charge in [0.25, 0.3) is 0 Å². The van der Waals surface area contributed by atoms with Gasteiger partial charge < -0.3 is 5.11 Å². The van der Waals surface area contributed by atoms with E-state index < -0.39 is 0 Å². The van der Waals surface area contributed by atoms with Crippen molar-refractivity contribution in [3.05, 3.63) is 24.3 Å². The minimum Gasteiger partial charge on any atom is -0.393 e. The highest BCUT2D eigenvalue weighted by Gasteiger charge is 2.16. The second-order valence-electron chi connectivity index (χ2n) is 3.00. The van der Waals surface area contributed by atoms with Gasteiger partial charge in [0.1, 0.15) is 0 Å². The van der Waals surface area contributed by atoms with Crippen LogP contribution in [0.2, 0.25) is 0 Å². The van der Waals surface area contributed by atoms with Crippen molar-refractivity contribution in [1.29, 1.82) is 0 Å². The quantitative estimate of drug-likeness (QED) is 0.586. The molecule has 1 N–H and O–H groups in total. The average Bonchev–Trinajstić information content (AvgIpc) is 1.88. The summed E-state index contributed by atoms with van der Waals surface area (Å²) in [6, 6.07) is 0. The third kappa shape index (κ3) is 1.71. The summed E-state index contributed by atoms with van der Waals surface area (Å²) in [6.07, 6.45) is 5.88. The van der Waals surface area contributed by atoms with Crippen LogP contribution in [0.5, 0.6) is 0 Å². The van der Waals surface area contributed by atoms with E-state index in [1.165, 1.54) is 0 Å². The summed E-state index contributed by atoms with van der Waals surface area (Å²) in [5.74, 6) is 0.400. The normalized spacial score (nSPS) is 28.6. The van der Waals surface area contributed by atoms with E-state index in [-0.39, 0.29) is 6.10 Å². The van der Waals surface area contributed by atoms with Crippen LogP contribution >= 0.6 is 0 Å². The first kappa shape index (κ1) is 7.55. The maximum absolute atomic E-state index is 9.22. The Labute approximate surface area is 62.1 Å². The van der Waals surface area contributed by atoms with Crippen molar-refractivity contribution < 1.29 is 5.11 Å². The van der Waals surface area contributed by atoms with Gasteiger partial charge in [0.2, 0.25) is 0 Å². The molecule has 1 rings (SSSR count). The molecule has 0 aromatic carbocycles. The second-order valence-corrected chi connectivity index (χ2v) is 3.00. The molecule has 0 radical (unpaired) electrons. The van der Waals surface area contributed by atoms with E-state index in [4.69, 9.17) is 0 Å². The second kappa shape index (κ2) is 3.02. The highest BCUT2D eigenvalue weighted by Crippen LogP contribution is 2.23. The van der Waals surface area contributed by atoms with Gasteiger partial charge in [-0.15, -0.1) is 0 Å². The summed E-state index contributed by atoms with van der Waals surface area (Å²) < 4.78 is 0. The first-order valence-electron chi connectivity index (χ1n) is 3.72. The minimum atomic E-state index is -0.193. The molecule has 2 atom stereocenters. The lowest BCUT2D eigenvalue weighted by molar-refractivity contribution is 0.126. The molecule has 0 saturated carbocycles. The van der Waals surface area contributed by atoms with Crippen molar-refractivity contribution >= 4 is 0 Å². The third-order valence-corrected chi connectivity index (χ3v) is 2.00. The predicted octanol–water partition coefficient (Wildman–Crippen LogP) is 1.89. The molecular formula is C9H14O. The summed E-state index contributed by atoms with van der Waals surface area (Å²) in [7, 11) is 0. The zero-order chi connectivity index (χ0) is 7.56. The highest BCUT2D eigenvalue weighted by molar-refractivity contribution is 5.19. The largest absolute Gasteiger partial charge is 0.393 e. The smallest absolute Gasteiger partial charge is 0.0546 e. The lowest BCUT2D eigenvalue weighted by Crippen LogP contribution is -2.18. The van der Waals surface area contributed by atoms with Gasteiger partial charge in [-0.05, 0) is 25.7 Å². The average molecular weight is 138 g/mol. The number of aliphatic hydroxyl groups is 1. The molecule has 0 aromatic rings. The van der Waals surface area contributed by atoms with Crippen LogP contribution in [0.15, 0.2) is 24.3 Å². The lowest BCUT2D eigenvalue weighted by Gasteiger charge is -2.21. The zero-order valence-corrected chi connectivity index (χ0v) is 6.38. The third-order valence-electron chi connectivity index (χ3n) is 2.00. The Balaban J connectivity index is 2.52. The Hall–Kier alpha value is -0.560. The van der Waals surface area contributed by atoms with Gasteiger partial charge in [0.15, 0.2) is 0 Å². The van der Waals surface area contributed by atoms with Gasteiger partial charge in [-0.1, -0.05) is 24.3 Å². The van der Waals surface area contributed by atoms with E-state index in [1.807, 2.05) is 13.0 Å². The van der Waals surface area contributed by atoms with Gasteiger partial charge in [-0.2, -0.15) is 0 Å². The van der Waals surface area contributed by atoms with Crippen molar-refractivity contribution in [2.45, 2.75) is 25.9 Å². The van der Waals surface area contributed by atoms with Crippen LogP contribution in [0.3, 0.4) is 0 Å². The molecule has 1 aliphatic rings. The molecule has 0 amide bonds. The van der Waals surface area contributed by atoms with Gasteiger partial charge in [-0.3, -0.25) is 0 Å². The van der Waals surface area contributed by atoms with Gasteiger partial charge in [0, 0.05) is 0 Å². The van der Waals surface area contributed by atoms with Crippen molar-refractivity contribution in [1.82, 2.24) is 0 Å². The van der Waals surface area contributed by atoms with Crippen LogP contribution in [-0.4, -0.2) is 11.2 Å². The van der Waals surface area contributed by atoms with E-state index in [0.717, 1.165) is 18.4 Å². The number of rotatable bonds is 1. The first-order valence-corrected chi connectivity index (χ1v) is 3.72. The topological polar surface area (TPSA) is 20.2 Å². The molecule has 0 fully saturated rings. The number of hydrogen-bond donors (Lipinski definition) is 1. The van der Waals surface area contributed by atoms with Gasteiger partial charge >= 0.3 is 0 Å². The van der Waals surface area contributed by atoms with Crippen LogP contribution < -0.4 is 0 Å². The fourth-order valence-electron chi connectivity index (χ4n) is 1.27. The Morgan fingerprint density at radius 2 is 2.50 bits per heavy atom. The molecule has 1 nitrogen and oxygen atoms in total. The van der Waals surface area contributed by atoms with Crippen molar-refractivity contribution in [3.63, 3.8) is 0 Å². The molecule has 0 saturated heterocycles. The SMILES string of the molecule is C=C1C=CCC(C(C)O)C1. The first-order chi connectivity index (χ1) is 4.70. The molecular weight excluding hydrogens is 124 g/mol. The standard InChI is InChI=1S/C9H14O/c1-7-4-3-5-9(6-7)8(2)10/h3-4,8-10H,1,5-6H2,2H3. The lowest BCUT2D eigenvalue weighted by atomic mass is 9.88. The summed E-state index contributed by atoms with van der Waals surface area (Å²) in [5.41, 5.74) is 1.14. The summed E-state index contributed by atoms with van der Waals surface area (Å²) in [4.78, 5) is 0. The Morgan fingerprint density at radius 3 is 2.90 bits per heavy atom. The number of aliphatic hydroxyl groups excluding tert-OH is 1. The van der Waals surface area contributed by atoms with E-state index in [0.29, 0.717) is 5.92 Å². The Morgan fingerprint density at radius 1 is 1.80 bits per heavy atom. The van der Waals surface area contributed by atoms with Crippen molar-refractivity contribution in [2.75, 3.05) is 0 Å². The molecule has 0 aromatic heterocycles. The maximum atomic E-state index is 9.22. The number of hydrogen-bond acceptors (Lipinski definition) is 1. The van der Waals surface area contributed by atoms with E-state index in [9.17, 15) is 5.11 Å².